The molecule has 220 valence electrons. The lowest BCUT2D eigenvalue weighted by atomic mass is 9.46. The molecular formula is C35H50O4S. The second kappa shape index (κ2) is 9.98. The van der Waals surface area contributed by atoms with Crippen molar-refractivity contribution < 1.29 is 19.1 Å². The van der Waals surface area contributed by atoms with E-state index < -0.39 is 0 Å². The van der Waals surface area contributed by atoms with E-state index >= 15 is 0 Å². The quantitative estimate of drug-likeness (QED) is 0.322. The first-order valence-electron chi connectivity index (χ1n) is 16.8. The zero-order valence-corrected chi connectivity index (χ0v) is 25.9. The Bertz CT molecular complexity index is 1100. The number of carbonyl (C=O) groups is 3. The number of carbonyl (C=O) groups excluding carboxylic acids is 3. The van der Waals surface area contributed by atoms with E-state index in [1.165, 1.54) is 44.1 Å². The van der Waals surface area contributed by atoms with Gasteiger partial charge in [-0.3, -0.25) is 14.4 Å². The summed E-state index contributed by atoms with van der Waals surface area (Å²) in [7, 11) is 0. The molecule has 2 bridgehead atoms. The minimum atomic E-state index is -0.297. The molecule has 4 nitrogen and oxygen atoms in total. The van der Waals surface area contributed by atoms with E-state index in [4.69, 9.17) is 4.74 Å². The monoisotopic (exact) mass is 566 g/mol. The van der Waals surface area contributed by atoms with Crippen molar-refractivity contribution in [3.8, 4) is 0 Å². The molecule has 5 saturated carbocycles. The summed E-state index contributed by atoms with van der Waals surface area (Å²) in [4.78, 5) is 38.8. The number of ether oxygens (including phenoxy) is 1. The van der Waals surface area contributed by atoms with Crippen molar-refractivity contribution >= 4 is 28.6 Å². The van der Waals surface area contributed by atoms with Crippen molar-refractivity contribution in [3.05, 3.63) is 11.6 Å². The highest BCUT2D eigenvalue weighted by Crippen LogP contribution is 2.70. The summed E-state index contributed by atoms with van der Waals surface area (Å²) in [6.45, 7) is 7.20. The summed E-state index contributed by atoms with van der Waals surface area (Å²) < 4.78 is 6.21. The third-order valence-corrected chi connectivity index (χ3v) is 15.2. The molecule has 0 aromatic rings. The van der Waals surface area contributed by atoms with Gasteiger partial charge in [0.1, 0.15) is 5.60 Å². The van der Waals surface area contributed by atoms with Gasteiger partial charge >= 0.3 is 5.97 Å². The Hall–Kier alpha value is -1.10. The van der Waals surface area contributed by atoms with Gasteiger partial charge in [0.15, 0.2) is 10.9 Å². The van der Waals surface area contributed by atoms with Gasteiger partial charge in [-0.15, -0.1) is 0 Å². The average Bonchev–Trinajstić information content (AvgIpc) is 3.43. The molecule has 6 fully saturated rings. The lowest BCUT2D eigenvalue weighted by molar-refractivity contribution is -0.167. The molecule has 1 heterocycles. The molecular weight excluding hydrogens is 516 g/mol. The van der Waals surface area contributed by atoms with Crippen molar-refractivity contribution in [2.75, 3.05) is 0 Å². The van der Waals surface area contributed by atoms with Crippen LogP contribution in [0.2, 0.25) is 0 Å². The number of ketones is 1. The van der Waals surface area contributed by atoms with Gasteiger partial charge in [-0.05, 0) is 130 Å². The molecule has 7 unspecified atom stereocenters. The molecule has 7 aliphatic rings. The highest BCUT2D eigenvalue weighted by molar-refractivity contribution is 8.14. The van der Waals surface area contributed by atoms with E-state index in [9.17, 15) is 14.4 Å². The van der Waals surface area contributed by atoms with Gasteiger partial charge in [-0.2, -0.15) is 0 Å². The maximum atomic E-state index is 13.9. The Kier molecular flexibility index (Phi) is 6.92. The van der Waals surface area contributed by atoms with E-state index in [-0.39, 0.29) is 33.4 Å². The Morgan fingerprint density at radius 3 is 2.35 bits per heavy atom. The van der Waals surface area contributed by atoms with Crippen molar-refractivity contribution in [2.45, 2.75) is 134 Å². The molecule has 6 aliphatic carbocycles. The van der Waals surface area contributed by atoms with E-state index in [0.29, 0.717) is 41.6 Å². The fourth-order valence-corrected chi connectivity index (χ4v) is 13.5. The van der Waals surface area contributed by atoms with Crippen LogP contribution in [0, 0.1) is 52.3 Å². The van der Waals surface area contributed by atoms with E-state index in [1.807, 2.05) is 6.08 Å². The van der Waals surface area contributed by atoms with Gasteiger partial charge < -0.3 is 4.74 Å². The Morgan fingerprint density at radius 1 is 0.925 bits per heavy atom. The predicted octanol–water partition coefficient (Wildman–Crippen LogP) is 8.08. The third-order valence-electron chi connectivity index (χ3n) is 13.9. The minimum Gasteiger partial charge on any atom is -0.458 e. The molecule has 1 spiro atoms. The number of fused-ring (bicyclic) bond motifs is 8. The van der Waals surface area contributed by atoms with Crippen LogP contribution in [0.4, 0.5) is 0 Å². The Labute approximate surface area is 245 Å². The zero-order valence-electron chi connectivity index (χ0n) is 25.1. The third kappa shape index (κ3) is 4.32. The van der Waals surface area contributed by atoms with Gasteiger partial charge in [-0.1, -0.05) is 44.5 Å². The van der Waals surface area contributed by atoms with Gasteiger partial charge in [-0.25, -0.2) is 0 Å². The summed E-state index contributed by atoms with van der Waals surface area (Å²) in [5.41, 5.74) is 1.10. The summed E-state index contributed by atoms with van der Waals surface area (Å²) in [6.07, 6.45) is 18.9. The van der Waals surface area contributed by atoms with E-state index in [2.05, 4.69) is 20.8 Å². The van der Waals surface area contributed by atoms with Crippen molar-refractivity contribution in [2.24, 2.45) is 52.3 Å². The lowest BCUT2D eigenvalue weighted by Crippen LogP contribution is -2.57. The first kappa shape index (κ1) is 27.7. The Morgan fingerprint density at radius 2 is 1.65 bits per heavy atom. The molecule has 0 N–H and O–H groups in total. The van der Waals surface area contributed by atoms with Gasteiger partial charge in [0.05, 0.1) is 0 Å². The van der Waals surface area contributed by atoms with Crippen LogP contribution in [0.1, 0.15) is 124 Å². The van der Waals surface area contributed by atoms with Crippen LogP contribution in [-0.2, 0) is 19.1 Å². The second-order valence-electron chi connectivity index (χ2n) is 15.8. The van der Waals surface area contributed by atoms with Crippen LogP contribution in [0.25, 0.3) is 0 Å². The van der Waals surface area contributed by atoms with Crippen molar-refractivity contribution in [1.82, 2.24) is 0 Å². The molecule has 0 amide bonds. The summed E-state index contributed by atoms with van der Waals surface area (Å²) in [6, 6.07) is 0. The first-order valence-corrected chi connectivity index (χ1v) is 17.7. The highest BCUT2D eigenvalue weighted by atomic mass is 32.2. The fraction of sp³-hybridized carbons (Fsp3) is 0.857. The molecule has 0 aromatic carbocycles. The molecule has 7 rings (SSSR count). The molecule has 0 radical (unpaired) electrons. The fourth-order valence-electron chi connectivity index (χ4n) is 12.0. The molecule has 9 atom stereocenters. The van der Waals surface area contributed by atoms with E-state index in [0.717, 1.165) is 69.1 Å². The van der Waals surface area contributed by atoms with Crippen LogP contribution in [0.15, 0.2) is 11.6 Å². The summed E-state index contributed by atoms with van der Waals surface area (Å²) >= 11 is 1.67. The normalized spacial score (nSPS) is 49.6. The summed E-state index contributed by atoms with van der Waals surface area (Å²) in [5, 5.41) is 0.645. The maximum absolute atomic E-state index is 13.9. The number of thioether (sulfide) groups is 1. The standard InChI is InChI=1S/C35H50O4S/c1-4-21-13-22-15-23(14-21)17-24(16-22)18-31(38)40-29-20-25-19-26(36)5-9-33(25,2)27-6-10-34(3)28(32(27)29)7-11-35(34)12-8-30(37)39-35/h19,21-24,27-29,32H,4-18,20H2,1-3H3/t21?,22?,23?,24?,27?,28?,29-,32?,33?,34?,35-/m1/s1. The number of rotatable bonds is 4. The van der Waals surface area contributed by atoms with Crippen LogP contribution in [-0.4, -0.2) is 27.7 Å². The maximum Gasteiger partial charge on any atom is 0.306 e. The van der Waals surface area contributed by atoms with Crippen LogP contribution < -0.4 is 0 Å². The number of allylic oxidation sites excluding steroid dienone is 1. The Balaban J connectivity index is 1.13. The molecule has 1 aliphatic heterocycles. The first-order chi connectivity index (χ1) is 19.1. The molecule has 1 saturated heterocycles. The van der Waals surface area contributed by atoms with Crippen LogP contribution >= 0.6 is 11.8 Å². The highest BCUT2D eigenvalue weighted by Gasteiger charge is 2.68. The van der Waals surface area contributed by atoms with Gasteiger partial charge in [0.2, 0.25) is 0 Å². The molecule has 40 heavy (non-hydrogen) atoms. The molecule has 0 aromatic heterocycles. The topological polar surface area (TPSA) is 60.4 Å². The van der Waals surface area contributed by atoms with Crippen molar-refractivity contribution in [1.29, 1.82) is 0 Å². The van der Waals surface area contributed by atoms with Gasteiger partial charge in [0, 0.05) is 29.9 Å². The van der Waals surface area contributed by atoms with Gasteiger partial charge in [0.25, 0.3) is 0 Å². The zero-order chi connectivity index (χ0) is 27.9. The molecule has 5 heteroatoms. The van der Waals surface area contributed by atoms with Crippen LogP contribution in [0.5, 0.6) is 0 Å². The largest absolute Gasteiger partial charge is 0.458 e. The number of hydrogen-bond donors (Lipinski definition) is 0. The van der Waals surface area contributed by atoms with E-state index in [1.54, 1.807) is 11.8 Å². The smallest absolute Gasteiger partial charge is 0.306 e. The average molecular weight is 567 g/mol. The minimum absolute atomic E-state index is 0.000874. The van der Waals surface area contributed by atoms with Crippen molar-refractivity contribution in [3.63, 3.8) is 0 Å². The number of hydrogen-bond acceptors (Lipinski definition) is 5. The van der Waals surface area contributed by atoms with Crippen LogP contribution in [0.3, 0.4) is 0 Å². The lowest BCUT2D eigenvalue weighted by Gasteiger charge is -2.61. The predicted molar refractivity (Wildman–Crippen MR) is 158 cm³/mol. The summed E-state index contributed by atoms with van der Waals surface area (Å²) in [5.74, 6) is 4.85. The SMILES string of the molecule is CCC1CC2CC(CC(=O)S[C@@H]3CC4=CC(=O)CCC4(C)C4CCC5(C)C(CC[C@@]56CCC(=O)O6)C43)CC(C1)C2. The number of esters is 1. The second-order valence-corrected chi connectivity index (χ2v) is 17.1.